The number of ether oxygens (including phenoxy) is 1. The van der Waals surface area contributed by atoms with Crippen LogP contribution in [0.4, 0.5) is 5.69 Å². The number of nitrogens with zero attached hydrogens (tertiary/aromatic N) is 2. The standard InChI is InChI=1S/C23H30N2O2/c26-23(19-27-22-6-2-1-3-7-22)12-16-24(17-13-23)18-20-8-10-21(11-9-20)25-14-4-5-15-25/h1-3,6-11,26H,4-5,12-19H2. The van der Waals surface area contributed by atoms with Gasteiger partial charge in [0.25, 0.3) is 0 Å². The normalized spacial score (nSPS) is 20.0. The van der Waals surface area contributed by atoms with Crippen molar-refractivity contribution in [3.63, 3.8) is 0 Å². The highest BCUT2D eigenvalue weighted by molar-refractivity contribution is 5.48. The van der Waals surface area contributed by atoms with Crippen LogP contribution in [0, 0.1) is 0 Å². The maximum atomic E-state index is 10.8. The lowest BCUT2D eigenvalue weighted by molar-refractivity contribution is -0.0537. The molecule has 0 bridgehead atoms. The molecule has 2 aromatic rings. The molecule has 4 rings (SSSR count). The fourth-order valence-corrected chi connectivity index (χ4v) is 4.05. The van der Waals surface area contributed by atoms with Gasteiger partial charge in [0.05, 0.1) is 0 Å². The van der Waals surface area contributed by atoms with Gasteiger partial charge in [-0.25, -0.2) is 0 Å². The Kier molecular flexibility index (Phi) is 5.65. The molecule has 0 aromatic heterocycles. The Morgan fingerprint density at radius 2 is 1.52 bits per heavy atom. The highest BCUT2D eigenvalue weighted by atomic mass is 16.5. The molecule has 2 heterocycles. The summed E-state index contributed by atoms with van der Waals surface area (Å²) in [6, 6.07) is 18.8. The van der Waals surface area contributed by atoms with E-state index in [1.807, 2.05) is 30.3 Å². The fraction of sp³-hybridized carbons (Fsp3) is 0.478. The molecule has 0 atom stereocenters. The molecule has 4 nitrogen and oxygen atoms in total. The third-order valence-electron chi connectivity index (χ3n) is 5.85. The Labute approximate surface area is 162 Å². The lowest BCUT2D eigenvalue weighted by Crippen LogP contribution is -2.47. The minimum absolute atomic E-state index is 0.370. The molecule has 0 amide bonds. The molecule has 4 heteroatoms. The number of aliphatic hydroxyl groups is 1. The van der Waals surface area contributed by atoms with E-state index in [0.717, 1.165) is 38.2 Å². The molecule has 27 heavy (non-hydrogen) atoms. The Morgan fingerprint density at radius 3 is 2.19 bits per heavy atom. The summed E-state index contributed by atoms with van der Waals surface area (Å²) in [7, 11) is 0. The van der Waals surface area contributed by atoms with E-state index >= 15 is 0 Å². The highest BCUT2D eigenvalue weighted by Crippen LogP contribution is 2.26. The molecule has 0 radical (unpaired) electrons. The molecule has 0 saturated carbocycles. The molecular weight excluding hydrogens is 336 g/mol. The van der Waals surface area contributed by atoms with E-state index in [1.165, 1.54) is 37.2 Å². The summed E-state index contributed by atoms with van der Waals surface area (Å²) in [6.07, 6.45) is 4.14. The Morgan fingerprint density at radius 1 is 0.852 bits per heavy atom. The van der Waals surface area contributed by atoms with Gasteiger partial charge in [0.2, 0.25) is 0 Å². The number of likely N-dealkylation sites (tertiary alicyclic amines) is 1. The number of anilines is 1. The Hall–Kier alpha value is -2.04. The largest absolute Gasteiger partial charge is 0.491 e. The minimum Gasteiger partial charge on any atom is -0.491 e. The van der Waals surface area contributed by atoms with E-state index < -0.39 is 5.60 Å². The van der Waals surface area contributed by atoms with E-state index in [2.05, 4.69) is 34.1 Å². The minimum atomic E-state index is -0.716. The van der Waals surface area contributed by atoms with Crippen molar-refractivity contribution in [2.75, 3.05) is 37.7 Å². The number of hydrogen-bond donors (Lipinski definition) is 1. The van der Waals surface area contributed by atoms with Crippen molar-refractivity contribution in [2.45, 2.75) is 37.8 Å². The van der Waals surface area contributed by atoms with Gasteiger partial charge in [-0.1, -0.05) is 30.3 Å². The fourth-order valence-electron chi connectivity index (χ4n) is 4.05. The molecular formula is C23H30N2O2. The molecule has 2 aliphatic rings. The number of benzene rings is 2. The molecule has 0 aliphatic carbocycles. The van der Waals surface area contributed by atoms with Crippen LogP contribution in [-0.4, -0.2) is 48.4 Å². The van der Waals surface area contributed by atoms with Gasteiger partial charge in [0.1, 0.15) is 18.0 Å². The van der Waals surface area contributed by atoms with Crippen molar-refractivity contribution in [3.8, 4) is 5.75 Å². The molecule has 2 saturated heterocycles. The summed E-state index contributed by atoms with van der Waals surface area (Å²) in [5.74, 6) is 0.825. The molecule has 2 fully saturated rings. The van der Waals surface area contributed by atoms with Gasteiger partial charge in [-0.2, -0.15) is 0 Å². The first kappa shape index (κ1) is 18.3. The predicted molar refractivity (Wildman–Crippen MR) is 109 cm³/mol. The molecule has 0 spiro atoms. The average molecular weight is 367 g/mol. The van der Waals surface area contributed by atoms with Gasteiger partial charge < -0.3 is 14.7 Å². The molecule has 144 valence electrons. The van der Waals surface area contributed by atoms with Gasteiger partial charge in [-0.15, -0.1) is 0 Å². The Balaban J connectivity index is 1.25. The van der Waals surface area contributed by atoms with Crippen LogP contribution in [0.2, 0.25) is 0 Å². The van der Waals surface area contributed by atoms with E-state index in [-0.39, 0.29) is 0 Å². The van der Waals surface area contributed by atoms with Crippen LogP contribution in [0.25, 0.3) is 0 Å². The summed E-state index contributed by atoms with van der Waals surface area (Å²) in [6.45, 7) is 5.51. The second kappa shape index (κ2) is 8.32. The van der Waals surface area contributed by atoms with Crippen LogP contribution in [0.3, 0.4) is 0 Å². The summed E-state index contributed by atoms with van der Waals surface area (Å²) in [5.41, 5.74) is 1.98. The van der Waals surface area contributed by atoms with Gasteiger partial charge in [-0.3, -0.25) is 4.90 Å². The summed E-state index contributed by atoms with van der Waals surface area (Å²) in [5, 5.41) is 10.8. The monoisotopic (exact) mass is 366 g/mol. The van der Waals surface area contributed by atoms with E-state index in [4.69, 9.17) is 4.74 Å². The van der Waals surface area contributed by atoms with Crippen LogP contribution >= 0.6 is 0 Å². The zero-order chi connectivity index (χ0) is 18.5. The number of hydrogen-bond acceptors (Lipinski definition) is 4. The van der Waals surface area contributed by atoms with Crippen molar-refractivity contribution in [3.05, 3.63) is 60.2 Å². The molecule has 1 N–H and O–H groups in total. The maximum absolute atomic E-state index is 10.8. The van der Waals surface area contributed by atoms with Crippen molar-refractivity contribution in [1.82, 2.24) is 4.90 Å². The van der Waals surface area contributed by atoms with Crippen molar-refractivity contribution in [2.24, 2.45) is 0 Å². The van der Waals surface area contributed by atoms with Crippen molar-refractivity contribution >= 4 is 5.69 Å². The van der Waals surface area contributed by atoms with Crippen LogP contribution in [0.15, 0.2) is 54.6 Å². The predicted octanol–water partition coefficient (Wildman–Crippen LogP) is 3.69. The lowest BCUT2D eigenvalue weighted by Gasteiger charge is -2.38. The first-order valence-electron chi connectivity index (χ1n) is 10.2. The van der Waals surface area contributed by atoms with Gasteiger partial charge in [-0.05, 0) is 55.5 Å². The summed E-state index contributed by atoms with van der Waals surface area (Å²) < 4.78 is 5.79. The first-order chi connectivity index (χ1) is 13.2. The van der Waals surface area contributed by atoms with E-state index in [0.29, 0.717) is 6.61 Å². The van der Waals surface area contributed by atoms with Crippen LogP contribution < -0.4 is 9.64 Å². The second-order valence-corrected chi connectivity index (χ2v) is 7.96. The third kappa shape index (κ3) is 4.82. The van der Waals surface area contributed by atoms with Gasteiger partial charge >= 0.3 is 0 Å². The summed E-state index contributed by atoms with van der Waals surface area (Å²) in [4.78, 5) is 4.90. The quantitative estimate of drug-likeness (QED) is 0.846. The van der Waals surface area contributed by atoms with Crippen LogP contribution in [0.5, 0.6) is 5.75 Å². The van der Waals surface area contributed by atoms with Crippen LogP contribution in [0.1, 0.15) is 31.2 Å². The molecule has 2 aromatic carbocycles. The third-order valence-corrected chi connectivity index (χ3v) is 5.85. The average Bonchev–Trinajstić information content (AvgIpc) is 3.25. The smallest absolute Gasteiger partial charge is 0.119 e. The first-order valence-corrected chi connectivity index (χ1v) is 10.2. The van der Waals surface area contributed by atoms with Crippen LogP contribution in [-0.2, 0) is 6.54 Å². The SMILES string of the molecule is OC1(COc2ccccc2)CCN(Cc2ccc(N3CCCC3)cc2)CC1. The summed E-state index contributed by atoms with van der Waals surface area (Å²) >= 11 is 0. The Bertz CT molecular complexity index is 703. The topological polar surface area (TPSA) is 35.9 Å². The van der Waals surface area contributed by atoms with E-state index in [9.17, 15) is 5.11 Å². The van der Waals surface area contributed by atoms with Gasteiger partial charge in [0, 0.05) is 38.4 Å². The van der Waals surface area contributed by atoms with Gasteiger partial charge in [0.15, 0.2) is 0 Å². The number of rotatable bonds is 6. The molecule has 2 aliphatic heterocycles. The second-order valence-electron chi connectivity index (χ2n) is 7.96. The van der Waals surface area contributed by atoms with E-state index in [1.54, 1.807) is 0 Å². The maximum Gasteiger partial charge on any atom is 0.119 e. The zero-order valence-electron chi connectivity index (χ0n) is 16.0. The zero-order valence-corrected chi connectivity index (χ0v) is 16.0. The number of para-hydroxylation sites is 1. The molecule has 0 unspecified atom stereocenters. The van der Waals surface area contributed by atoms with Crippen molar-refractivity contribution < 1.29 is 9.84 Å². The van der Waals surface area contributed by atoms with Crippen molar-refractivity contribution in [1.29, 1.82) is 0 Å². The lowest BCUT2D eigenvalue weighted by atomic mass is 9.92. The number of piperidine rings is 1. The highest BCUT2D eigenvalue weighted by Gasteiger charge is 2.33.